The van der Waals surface area contributed by atoms with E-state index in [0.29, 0.717) is 27.9 Å². The van der Waals surface area contributed by atoms with Crippen LogP contribution in [-0.2, 0) is 13.1 Å². The summed E-state index contributed by atoms with van der Waals surface area (Å²) < 4.78 is 26.7. The molecule has 4 aromatic carbocycles. The highest BCUT2D eigenvalue weighted by molar-refractivity contribution is 7.99. The fourth-order valence-electron chi connectivity index (χ4n) is 6.05. The third-order valence-electron chi connectivity index (χ3n) is 8.40. The normalized spacial score (nSPS) is 11.4. The number of imidazole rings is 1. The molecule has 0 atom stereocenters. The Morgan fingerprint density at radius 3 is 2.52 bits per heavy atom. The maximum Gasteiger partial charge on any atom is 0.255 e. The number of aromatic nitrogens is 3. The van der Waals surface area contributed by atoms with Gasteiger partial charge in [0.05, 0.1) is 17.6 Å². The summed E-state index contributed by atoms with van der Waals surface area (Å²) in [6, 6.07) is 29.2. The number of nitrogens with one attached hydrogen (secondary N) is 1. The molecular weight excluding hydrogens is 598 g/mol. The van der Waals surface area contributed by atoms with Crippen LogP contribution in [0.25, 0.3) is 55.6 Å². The fourth-order valence-corrected chi connectivity index (χ4v) is 6.40. The minimum atomic E-state index is -0.354. The predicted molar refractivity (Wildman–Crippen MR) is 186 cm³/mol. The van der Waals surface area contributed by atoms with E-state index in [4.69, 9.17) is 4.42 Å². The van der Waals surface area contributed by atoms with Gasteiger partial charge >= 0.3 is 0 Å². The van der Waals surface area contributed by atoms with Gasteiger partial charge in [0.1, 0.15) is 17.2 Å². The lowest BCUT2D eigenvalue weighted by Crippen LogP contribution is -2.18. The smallest absolute Gasteiger partial charge is 0.255 e. The van der Waals surface area contributed by atoms with Gasteiger partial charge in [-0.3, -0.25) is 4.79 Å². The molecule has 0 saturated heterocycles. The van der Waals surface area contributed by atoms with Crippen LogP contribution in [0.1, 0.15) is 10.4 Å². The molecule has 1 amide bonds. The van der Waals surface area contributed by atoms with Crippen LogP contribution >= 0.6 is 11.9 Å². The van der Waals surface area contributed by atoms with Crippen molar-refractivity contribution < 1.29 is 13.6 Å². The first-order valence-corrected chi connectivity index (χ1v) is 16.1. The van der Waals surface area contributed by atoms with Crippen molar-refractivity contribution in [3.8, 4) is 33.7 Å². The Morgan fingerprint density at radius 2 is 1.76 bits per heavy atom. The number of benzene rings is 4. The number of hydrogen-bond acceptors (Lipinski definition) is 5. The summed E-state index contributed by atoms with van der Waals surface area (Å²) in [6.07, 6.45) is 7.65. The van der Waals surface area contributed by atoms with E-state index >= 15 is 0 Å². The lowest BCUT2D eigenvalue weighted by Gasteiger charge is -2.20. The molecule has 3 heterocycles. The van der Waals surface area contributed by atoms with Crippen molar-refractivity contribution in [2.75, 3.05) is 24.7 Å². The van der Waals surface area contributed by atoms with E-state index in [1.807, 2.05) is 38.0 Å². The van der Waals surface area contributed by atoms with Gasteiger partial charge in [-0.05, 0) is 59.7 Å². The number of anilines is 1. The van der Waals surface area contributed by atoms with E-state index in [0.717, 1.165) is 41.2 Å². The number of para-hydroxylation sites is 1. The van der Waals surface area contributed by atoms with Crippen LogP contribution in [-0.4, -0.2) is 40.4 Å². The Labute approximate surface area is 270 Å². The highest BCUT2D eigenvalue weighted by atomic mass is 32.2. The Hall–Kier alpha value is -5.28. The Balaban J connectivity index is 1.40. The molecule has 0 spiro atoms. The molecule has 9 heteroatoms. The molecule has 0 radical (unpaired) electrons. The van der Waals surface area contributed by atoms with E-state index in [1.54, 1.807) is 37.3 Å². The number of aryl methyl sites for hydroxylation is 2. The summed E-state index contributed by atoms with van der Waals surface area (Å²) in [7, 11) is 3.61. The van der Waals surface area contributed by atoms with Gasteiger partial charge in [-0.1, -0.05) is 48.3 Å². The maximum atomic E-state index is 13.8. The molecule has 7 aromatic rings. The van der Waals surface area contributed by atoms with E-state index < -0.39 is 0 Å². The van der Waals surface area contributed by atoms with E-state index in [2.05, 4.69) is 78.3 Å². The number of hydrogen-bond donors (Lipinski definition) is 1. The molecule has 0 aliphatic carbocycles. The van der Waals surface area contributed by atoms with Crippen molar-refractivity contribution in [1.29, 1.82) is 0 Å². The monoisotopic (exact) mass is 629 g/mol. The van der Waals surface area contributed by atoms with Gasteiger partial charge in [0.15, 0.2) is 0 Å². The molecule has 230 valence electrons. The molecule has 0 bridgehead atoms. The largest absolute Gasteiger partial charge is 0.455 e. The van der Waals surface area contributed by atoms with Crippen molar-refractivity contribution in [2.45, 2.75) is 13.1 Å². The lowest BCUT2D eigenvalue weighted by molar-refractivity contribution is 0.0964. The predicted octanol–water partition coefficient (Wildman–Crippen LogP) is 8.50. The zero-order chi connectivity index (χ0) is 31.8. The van der Waals surface area contributed by atoms with Gasteiger partial charge < -0.3 is 23.2 Å². The van der Waals surface area contributed by atoms with Crippen molar-refractivity contribution in [1.82, 2.24) is 19.4 Å². The van der Waals surface area contributed by atoms with Crippen LogP contribution in [0, 0.1) is 5.82 Å². The van der Waals surface area contributed by atoms with Crippen molar-refractivity contribution >= 4 is 45.4 Å². The first-order chi connectivity index (χ1) is 22.4. The zero-order valence-electron chi connectivity index (χ0n) is 25.7. The summed E-state index contributed by atoms with van der Waals surface area (Å²) >= 11 is 1.59. The average molecular weight is 630 g/mol. The van der Waals surface area contributed by atoms with Gasteiger partial charge in [0.2, 0.25) is 0 Å². The highest BCUT2D eigenvalue weighted by Gasteiger charge is 2.24. The minimum Gasteiger partial charge on any atom is -0.455 e. The molecule has 3 aromatic heterocycles. The summed E-state index contributed by atoms with van der Waals surface area (Å²) in [4.78, 5) is 17.5. The van der Waals surface area contributed by atoms with Crippen LogP contribution < -0.4 is 9.62 Å². The van der Waals surface area contributed by atoms with Gasteiger partial charge in [0, 0.05) is 85.0 Å². The second-order valence-electron chi connectivity index (χ2n) is 11.1. The van der Waals surface area contributed by atoms with Crippen molar-refractivity contribution in [3.05, 3.63) is 121 Å². The molecule has 0 unspecified atom stereocenters. The van der Waals surface area contributed by atoms with E-state index in [1.165, 1.54) is 23.0 Å². The summed E-state index contributed by atoms with van der Waals surface area (Å²) in [5.74, 6) is -0.222. The fraction of sp³-hybridized carbons (Fsp3) is 0.135. The van der Waals surface area contributed by atoms with Crippen LogP contribution in [0.15, 0.2) is 114 Å². The highest BCUT2D eigenvalue weighted by Crippen LogP contribution is 2.42. The molecule has 1 N–H and O–H groups in total. The van der Waals surface area contributed by atoms with Crippen molar-refractivity contribution in [2.24, 2.45) is 0 Å². The second kappa shape index (κ2) is 12.3. The molecule has 7 nitrogen and oxygen atoms in total. The van der Waals surface area contributed by atoms with Crippen LogP contribution in [0.4, 0.5) is 10.1 Å². The topological polar surface area (TPSA) is 68.2 Å². The number of halogens is 1. The van der Waals surface area contributed by atoms with Crippen LogP contribution in [0.3, 0.4) is 0 Å². The first-order valence-electron chi connectivity index (χ1n) is 15.0. The van der Waals surface area contributed by atoms with Crippen molar-refractivity contribution in [3.63, 3.8) is 0 Å². The number of rotatable bonds is 9. The molecule has 0 saturated carbocycles. The molecule has 7 rings (SSSR count). The van der Waals surface area contributed by atoms with E-state index in [-0.39, 0.29) is 11.7 Å². The third kappa shape index (κ3) is 5.32. The maximum absolute atomic E-state index is 13.8. The summed E-state index contributed by atoms with van der Waals surface area (Å²) in [5.41, 5.74) is 7.92. The Bertz CT molecular complexity index is 2180. The SMILES string of the molecule is CNC(=O)c1c(-c2ccc(F)cc2)oc2cc(N(C)SC)c(-c3cccc(-c4cc5ccccc5n4CCn4ccnc4)c3)cc12. The quantitative estimate of drug-likeness (QED) is 0.162. The molecule has 0 aliphatic rings. The minimum absolute atomic E-state index is 0.272. The molecule has 0 aliphatic heterocycles. The molecule has 46 heavy (non-hydrogen) atoms. The van der Waals surface area contributed by atoms with Gasteiger partial charge in [-0.25, -0.2) is 9.37 Å². The van der Waals surface area contributed by atoms with Gasteiger partial charge in [-0.15, -0.1) is 0 Å². The van der Waals surface area contributed by atoms with Gasteiger partial charge in [0.25, 0.3) is 5.91 Å². The first kappa shape index (κ1) is 29.4. The van der Waals surface area contributed by atoms with Gasteiger partial charge in [-0.2, -0.15) is 0 Å². The molecule has 0 fully saturated rings. The average Bonchev–Trinajstić information content (AvgIpc) is 3.84. The Kier molecular flexibility index (Phi) is 7.84. The second-order valence-corrected chi connectivity index (χ2v) is 12.0. The van der Waals surface area contributed by atoms with E-state index in [9.17, 15) is 9.18 Å². The van der Waals surface area contributed by atoms with Crippen LogP contribution in [0.2, 0.25) is 0 Å². The number of nitrogens with zero attached hydrogens (tertiary/aromatic N) is 4. The number of amides is 1. The lowest BCUT2D eigenvalue weighted by atomic mass is 9.96. The summed E-state index contributed by atoms with van der Waals surface area (Å²) in [6.45, 7) is 1.58. The van der Waals surface area contributed by atoms with Crippen LogP contribution in [0.5, 0.6) is 0 Å². The number of carbonyl (C=O) groups is 1. The number of carbonyl (C=O) groups excluding carboxylic acids is 1. The Morgan fingerprint density at radius 1 is 0.957 bits per heavy atom. The number of fused-ring (bicyclic) bond motifs is 2. The summed E-state index contributed by atoms with van der Waals surface area (Å²) in [5, 5.41) is 4.63. The zero-order valence-corrected chi connectivity index (χ0v) is 26.5. The number of furan rings is 1. The third-order valence-corrected chi connectivity index (χ3v) is 9.15. The standard InChI is InChI=1S/C37H32FN5O2S/c1-39-37(44)35-30-21-29(33(41(2)46-3)22-34(30)45-36(35)24-11-13-28(38)14-12-24)25-8-6-9-26(19-25)32-20-27-7-4-5-10-31(27)43(32)18-17-42-16-15-40-23-42/h4-16,19-23H,17-18H2,1-3H3,(H,39,44). The molecular formula is C37H32FN5O2S.